The average molecular weight is 465 g/mol. The zero-order chi connectivity index (χ0) is 23.3. The Morgan fingerprint density at radius 3 is 2.82 bits per heavy atom. The first-order chi connectivity index (χ1) is 15.9. The summed E-state index contributed by atoms with van der Waals surface area (Å²) in [6, 6.07) is 6.62. The summed E-state index contributed by atoms with van der Waals surface area (Å²) in [5.74, 6) is 0.0808. The molecule has 3 aromatic rings. The number of pyridine rings is 1. The Labute approximate surface area is 196 Å². The number of H-pyrrole nitrogens is 1. The number of carboxylic acids is 1. The quantitative estimate of drug-likeness (QED) is 0.434. The number of carbonyl (C=O) groups is 2. The van der Waals surface area contributed by atoms with Crippen molar-refractivity contribution in [1.29, 1.82) is 0 Å². The van der Waals surface area contributed by atoms with Crippen molar-refractivity contribution in [2.45, 2.75) is 32.1 Å². The monoisotopic (exact) mass is 464 g/mol. The number of hydrogen-bond acceptors (Lipinski definition) is 4. The summed E-state index contributed by atoms with van der Waals surface area (Å²) >= 11 is 6.67. The van der Waals surface area contributed by atoms with Crippen LogP contribution in [0.1, 0.15) is 48.0 Å². The maximum atomic E-state index is 12.2. The SMILES string of the molecule is CCC(CC1C2C=CC(C2)C1C(N)=O)c1c(Cl)cnc2nc(-c3cccc(C(=O)O)c3)[nH]c12. The van der Waals surface area contributed by atoms with Crippen molar-refractivity contribution in [3.63, 3.8) is 0 Å². The van der Waals surface area contributed by atoms with Crippen molar-refractivity contribution >= 4 is 34.6 Å². The van der Waals surface area contributed by atoms with Crippen LogP contribution in [-0.4, -0.2) is 31.9 Å². The molecule has 1 saturated carbocycles. The smallest absolute Gasteiger partial charge is 0.335 e. The fourth-order valence-electron chi connectivity index (χ4n) is 5.77. The highest BCUT2D eigenvalue weighted by atomic mass is 35.5. The van der Waals surface area contributed by atoms with Gasteiger partial charge in [-0.15, -0.1) is 0 Å². The molecule has 1 fully saturated rings. The van der Waals surface area contributed by atoms with Gasteiger partial charge in [0.1, 0.15) is 5.82 Å². The molecule has 33 heavy (non-hydrogen) atoms. The highest BCUT2D eigenvalue weighted by Gasteiger charge is 2.47. The zero-order valence-electron chi connectivity index (χ0n) is 18.2. The van der Waals surface area contributed by atoms with Gasteiger partial charge in [0.05, 0.1) is 16.1 Å². The molecule has 1 aromatic carbocycles. The lowest BCUT2D eigenvalue weighted by Crippen LogP contribution is -2.33. The molecule has 1 amide bonds. The van der Waals surface area contributed by atoms with Gasteiger partial charge in [0.25, 0.3) is 0 Å². The van der Waals surface area contributed by atoms with Crippen molar-refractivity contribution in [3.05, 3.63) is 58.8 Å². The second-order valence-corrected chi connectivity index (χ2v) is 9.48. The standard InChI is InChI=1S/C25H25ClN4O3/c1-2-12(10-17-13-6-7-14(8-13)19(17)22(27)31)20-18(26)11-28-24-21(20)29-23(30-24)15-4-3-5-16(9-15)25(32)33/h3-7,9,11-14,17,19H,2,8,10H2,1H3,(H2,27,31)(H,32,33)(H,28,29,30). The number of imidazole rings is 1. The van der Waals surface area contributed by atoms with Crippen LogP contribution in [0.3, 0.4) is 0 Å². The van der Waals surface area contributed by atoms with Gasteiger partial charge < -0.3 is 15.8 Å². The molecule has 2 bridgehead atoms. The highest BCUT2D eigenvalue weighted by molar-refractivity contribution is 6.32. The van der Waals surface area contributed by atoms with Gasteiger partial charge in [0.15, 0.2) is 5.65 Å². The molecule has 7 nitrogen and oxygen atoms in total. The predicted molar refractivity (Wildman–Crippen MR) is 126 cm³/mol. The van der Waals surface area contributed by atoms with Crippen molar-refractivity contribution < 1.29 is 14.7 Å². The third-order valence-corrected chi connectivity index (χ3v) is 7.60. The molecule has 0 saturated heterocycles. The molecule has 8 heteroatoms. The Kier molecular flexibility index (Phi) is 5.44. The number of carbonyl (C=O) groups excluding carboxylic acids is 1. The number of amides is 1. The summed E-state index contributed by atoms with van der Waals surface area (Å²) in [6.45, 7) is 2.11. The van der Waals surface area contributed by atoms with Crippen LogP contribution >= 0.6 is 11.6 Å². The lowest BCUT2D eigenvalue weighted by molar-refractivity contribution is -0.124. The van der Waals surface area contributed by atoms with Crippen molar-refractivity contribution in [2.75, 3.05) is 0 Å². The number of aromatic amines is 1. The van der Waals surface area contributed by atoms with Crippen LogP contribution in [0.2, 0.25) is 5.02 Å². The van der Waals surface area contributed by atoms with Gasteiger partial charge >= 0.3 is 5.97 Å². The van der Waals surface area contributed by atoms with E-state index in [0.717, 1.165) is 30.3 Å². The van der Waals surface area contributed by atoms with Crippen molar-refractivity contribution in [1.82, 2.24) is 15.0 Å². The van der Waals surface area contributed by atoms with E-state index in [2.05, 4.69) is 34.0 Å². The summed E-state index contributed by atoms with van der Waals surface area (Å²) in [6.07, 6.45) is 8.62. The zero-order valence-corrected chi connectivity index (χ0v) is 18.9. The summed E-state index contributed by atoms with van der Waals surface area (Å²) < 4.78 is 0. The number of benzene rings is 1. The van der Waals surface area contributed by atoms with Crippen molar-refractivity contribution in [2.24, 2.45) is 29.4 Å². The molecule has 5 atom stereocenters. The maximum Gasteiger partial charge on any atom is 0.335 e. The fraction of sp³-hybridized carbons (Fsp3) is 0.360. The minimum atomic E-state index is -0.996. The molecule has 170 valence electrons. The van der Waals surface area contributed by atoms with E-state index in [1.54, 1.807) is 24.4 Å². The number of nitrogens with zero attached hydrogens (tertiary/aromatic N) is 2. The minimum Gasteiger partial charge on any atom is -0.478 e. The van der Waals surface area contributed by atoms with E-state index >= 15 is 0 Å². The van der Waals surface area contributed by atoms with Crippen LogP contribution in [0.15, 0.2) is 42.6 Å². The van der Waals surface area contributed by atoms with E-state index in [-0.39, 0.29) is 35.1 Å². The summed E-state index contributed by atoms with van der Waals surface area (Å²) in [5, 5.41) is 9.88. The number of halogens is 1. The van der Waals surface area contributed by atoms with Crippen LogP contribution in [0.25, 0.3) is 22.6 Å². The van der Waals surface area contributed by atoms with Gasteiger partial charge in [-0.3, -0.25) is 4.79 Å². The molecule has 2 aliphatic carbocycles. The van der Waals surface area contributed by atoms with Crippen LogP contribution in [-0.2, 0) is 4.79 Å². The Morgan fingerprint density at radius 2 is 2.09 bits per heavy atom. The Morgan fingerprint density at radius 1 is 1.30 bits per heavy atom. The third kappa shape index (κ3) is 3.70. The topological polar surface area (TPSA) is 122 Å². The first-order valence-corrected chi connectivity index (χ1v) is 11.6. The normalized spacial score (nSPS) is 24.4. The Bertz CT molecular complexity index is 1280. The Balaban J connectivity index is 1.54. The molecular formula is C25H25ClN4O3. The van der Waals surface area contributed by atoms with Crippen LogP contribution < -0.4 is 5.73 Å². The number of carboxylic acid groups (broad SMARTS) is 1. The lowest BCUT2D eigenvalue weighted by Gasteiger charge is -2.29. The number of nitrogens with one attached hydrogen (secondary N) is 1. The molecule has 4 N–H and O–H groups in total. The lowest BCUT2D eigenvalue weighted by atomic mass is 9.75. The molecule has 2 aromatic heterocycles. The van der Waals surface area contributed by atoms with Crippen LogP contribution in [0.5, 0.6) is 0 Å². The van der Waals surface area contributed by atoms with E-state index in [1.165, 1.54) is 0 Å². The number of rotatable bonds is 7. The van der Waals surface area contributed by atoms with Crippen LogP contribution in [0, 0.1) is 23.7 Å². The molecule has 2 aliphatic rings. The second kappa shape index (κ2) is 8.30. The summed E-state index contributed by atoms with van der Waals surface area (Å²) in [4.78, 5) is 35.9. The molecule has 0 spiro atoms. The number of aromatic nitrogens is 3. The van der Waals surface area contributed by atoms with Gasteiger partial charge in [-0.1, -0.05) is 42.8 Å². The average Bonchev–Trinajstić information content (AvgIpc) is 3.52. The Hall–Kier alpha value is -3.19. The molecule has 2 heterocycles. The number of allylic oxidation sites excluding steroid dienone is 2. The van der Waals surface area contributed by atoms with Crippen LogP contribution in [0.4, 0.5) is 0 Å². The van der Waals surface area contributed by atoms with Gasteiger partial charge in [-0.05, 0) is 55.1 Å². The first-order valence-electron chi connectivity index (χ1n) is 11.2. The van der Waals surface area contributed by atoms with Gasteiger partial charge in [-0.2, -0.15) is 0 Å². The maximum absolute atomic E-state index is 12.2. The molecule has 0 radical (unpaired) electrons. The minimum absolute atomic E-state index is 0.0984. The van der Waals surface area contributed by atoms with E-state index in [9.17, 15) is 14.7 Å². The number of nitrogens with two attached hydrogens (primary N) is 1. The largest absolute Gasteiger partial charge is 0.478 e. The number of fused-ring (bicyclic) bond motifs is 3. The fourth-order valence-corrected chi connectivity index (χ4v) is 6.07. The molecule has 5 rings (SSSR count). The predicted octanol–water partition coefficient (Wildman–Crippen LogP) is 4.78. The van der Waals surface area contributed by atoms with E-state index in [4.69, 9.17) is 17.3 Å². The van der Waals surface area contributed by atoms with E-state index in [0.29, 0.717) is 28.0 Å². The molecular weight excluding hydrogens is 440 g/mol. The van der Waals surface area contributed by atoms with E-state index in [1.807, 2.05) is 6.07 Å². The molecule has 0 aliphatic heterocycles. The van der Waals surface area contributed by atoms with Crippen molar-refractivity contribution in [3.8, 4) is 11.4 Å². The number of aromatic carboxylic acids is 1. The van der Waals surface area contributed by atoms with Gasteiger partial charge in [-0.25, -0.2) is 14.8 Å². The number of primary amides is 1. The van der Waals surface area contributed by atoms with E-state index < -0.39 is 5.97 Å². The summed E-state index contributed by atoms with van der Waals surface area (Å²) in [7, 11) is 0. The van der Waals surface area contributed by atoms with Gasteiger partial charge in [0, 0.05) is 23.2 Å². The third-order valence-electron chi connectivity index (χ3n) is 7.30. The van der Waals surface area contributed by atoms with Gasteiger partial charge in [0.2, 0.25) is 5.91 Å². The highest BCUT2D eigenvalue weighted by Crippen LogP contribution is 2.52. The summed E-state index contributed by atoms with van der Waals surface area (Å²) in [5.41, 5.74) is 8.85. The molecule has 5 unspecified atom stereocenters. The second-order valence-electron chi connectivity index (χ2n) is 9.07. The number of hydrogen-bond donors (Lipinski definition) is 3. The first kappa shape index (κ1) is 21.6.